The number of nitrogens with one attached hydrogen (secondary N) is 1. The van der Waals surface area contributed by atoms with Crippen molar-refractivity contribution >= 4 is 40.6 Å². The Balaban J connectivity index is 1.78. The number of rotatable bonds is 6. The highest BCUT2D eigenvalue weighted by Gasteiger charge is 2.44. The van der Waals surface area contributed by atoms with Gasteiger partial charge in [-0.05, 0) is 35.2 Å². The Labute approximate surface area is 183 Å². The van der Waals surface area contributed by atoms with Gasteiger partial charge in [-0.1, -0.05) is 35.9 Å². The molecule has 0 saturated heterocycles. The standard InChI is InChI=1S/C22H20ClN3O3S/c1-29-11-10-26-20(17-7-4-12-30-17)19(15-5-2-3-6-16(15)22(26)28)21(27)25-18-9-8-14(23)13-24-18/h2-9,12-13,19-20H,10-11H2,1H3,(H,24,25,27). The average molecular weight is 442 g/mol. The van der Waals surface area contributed by atoms with Crippen molar-refractivity contribution < 1.29 is 14.3 Å². The zero-order valence-electron chi connectivity index (χ0n) is 16.2. The molecule has 0 saturated carbocycles. The van der Waals surface area contributed by atoms with Crippen molar-refractivity contribution in [2.45, 2.75) is 12.0 Å². The second-order valence-corrected chi connectivity index (χ2v) is 8.28. The Bertz CT molecular complexity index is 1040. The van der Waals surface area contributed by atoms with E-state index in [4.69, 9.17) is 16.3 Å². The number of thiophene rings is 1. The lowest BCUT2D eigenvalue weighted by Gasteiger charge is -2.41. The molecular weight excluding hydrogens is 422 g/mol. The van der Waals surface area contributed by atoms with Crippen LogP contribution in [-0.2, 0) is 9.53 Å². The molecule has 0 fully saturated rings. The quantitative estimate of drug-likeness (QED) is 0.616. The normalized spacial score (nSPS) is 18.2. The van der Waals surface area contributed by atoms with Crippen LogP contribution in [0.3, 0.4) is 0 Å². The fraction of sp³-hybridized carbons (Fsp3) is 0.227. The Morgan fingerprint density at radius 1 is 1.23 bits per heavy atom. The van der Waals surface area contributed by atoms with Crippen LogP contribution in [0.15, 0.2) is 60.1 Å². The first kappa shape index (κ1) is 20.5. The van der Waals surface area contributed by atoms with E-state index in [1.807, 2.05) is 35.7 Å². The Hall–Kier alpha value is -2.74. The molecule has 4 rings (SSSR count). The number of pyridine rings is 1. The van der Waals surface area contributed by atoms with Gasteiger partial charge in [0.1, 0.15) is 5.82 Å². The number of benzene rings is 1. The first-order chi connectivity index (χ1) is 14.6. The fourth-order valence-electron chi connectivity index (χ4n) is 3.74. The zero-order valence-corrected chi connectivity index (χ0v) is 17.8. The third-order valence-corrected chi connectivity index (χ3v) is 6.24. The summed E-state index contributed by atoms with van der Waals surface area (Å²) in [6.45, 7) is 0.762. The molecule has 3 heterocycles. The Morgan fingerprint density at radius 2 is 2.07 bits per heavy atom. The summed E-state index contributed by atoms with van der Waals surface area (Å²) in [4.78, 5) is 33.7. The average Bonchev–Trinajstić information content (AvgIpc) is 3.29. The lowest BCUT2D eigenvalue weighted by atomic mass is 9.81. The molecule has 2 atom stereocenters. The van der Waals surface area contributed by atoms with Gasteiger partial charge in [0.15, 0.2) is 0 Å². The van der Waals surface area contributed by atoms with Crippen LogP contribution in [0, 0.1) is 0 Å². The molecular formula is C22H20ClN3O3S. The number of carbonyl (C=O) groups is 2. The number of amides is 2. The molecule has 8 heteroatoms. The third kappa shape index (κ3) is 3.96. The minimum atomic E-state index is -0.591. The van der Waals surface area contributed by atoms with E-state index in [0.717, 1.165) is 4.88 Å². The highest BCUT2D eigenvalue weighted by Crippen LogP contribution is 2.44. The second kappa shape index (κ2) is 8.95. The molecule has 2 aromatic heterocycles. The van der Waals surface area contributed by atoms with E-state index < -0.39 is 12.0 Å². The monoisotopic (exact) mass is 441 g/mol. The number of fused-ring (bicyclic) bond motifs is 1. The van der Waals surface area contributed by atoms with Crippen LogP contribution in [0.4, 0.5) is 5.82 Å². The molecule has 30 heavy (non-hydrogen) atoms. The van der Waals surface area contributed by atoms with Crippen LogP contribution in [0.25, 0.3) is 0 Å². The van der Waals surface area contributed by atoms with Crippen molar-refractivity contribution in [2.24, 2.45) is 0 Å². The van der Waals surface area contributed by atoms with Gasteiger partial charge in [0.05, 0.1) is 23.6 Å². The molecule has 0 radical (unpaired) electrons. The molecule has 0 bridgehead atoms. The number of aromatic nitrogens is 1. The number of hydrogen-bond acceptors (Lipinski definition) is 5. The molecule has 1 aliphatic rings. The minimum Gasteiger partial charge on any atom is -0.383 e. The summed E-state index contributed by atoms with van der Waals surface area (Å²) < 4.78 is 5.24. The van der Waals surface area contributed by atoms with Gasteiger partial charge < -0.3 is 15.0 Å². The predicted octanol–water partition coefficient (Wildman–Crippen LogP) is 4.36. The molecule has 0 aliphatic carbocycles. The molecule has 154 valence electrons. The molecule has 3 aromatic rings. The van der Waals surface area contributed by atoms with Gasteiger partial charge in [0.25, 0.3) is 5.91 Å². The van der Waals surface area contributed by atoms with Gasteiger partial charge in [-0.3, -0.25) is 9.59 Å². The van der Waals surface area contributed by atoms with Crippen molar-refractivity contribution in [2.75, 3.05) is 25.6 Å². The van der Waals surface area contributed by atoms with Crippen molar-refractivity contribution in [3.05, 3.63) is 81.1 Å². The van der Waals surface area contributed by atoms with E-state index in [1.54, 1.807) is 30.2 Å². The minimum absolute atomic E-state index is 0.102. The third-order valence-electron chi connectivity index (χ3n) is 5.07. The lowest BCUT2D eigenvalue weighted by Crippen LogP contribution is -2.47. The van der Waals surface area contributed by atoms with Crippen LogP contribution in [0.2, 0.25) is 5.02 Å². The lowest BCUT2D eigenvalue weighted by molar-refractivity contribution is -0.119. The highest BCUT2D eigenvalue weighted by atomic mass is 35.5. The molecule has 0 spiro atoms. The van der Waals surface area contributed by atoms with Crippen LogP contribution in [-0.4, -0.2) is 42.0 Å². The first-order valence-corrected chi connectivity index (χ1v) is 10.7. The van der Waals surface area contributed by atoms with E-state index in [9.17, 15) is 9.59 Å². The van der Waals surface area contributed by atoms with Crippen LogP contribution >= 0.6 is 22.9 Å². The predicted molar refractivity (Wildman–Crippen MR) is 117 cm³/mol. The highest BCUT2D eigenvalue weighted by molar-refractivity contribution is 7.10. The number of nitrogens with zero attached hydrogens (tertiary/aromatic N) is 2. The number of ether oxygens (including phenoxy) is 1. The van der Waals surface area contributed by atoms with Gasteiger partial charge in [-0.15, -0.1) is 11.3 Å². The summed E-state index contributed by atoms with van der Waals surface area (Å²) >= 11 is 7.43. The summed E-state index contributed by atoms with van der Waals surface area (Å²) in [5.74, 6) is -0.514. The van der Waals surface area contributed by atoms with E-state index in [2.05, 4.69) is 10.3 Å². The number of anilines is 1. The summed E-state index contributed by atoms with van der Waals surface area (Å²) in [5.41, 5.74) is 1.24. The van der Waals surface area contributed by atoms with Crippen molar-refractivity contribution in [3.63, 3.8) is 0 Å². The fourth-order valence-corrected chi connectivity index (χ4v) is 4.73. The Kier molecular flexibility index (Phi) is 6.13. The van der Waals surface area contributed by atoms with Crippen molar-refractivity contribution in [1.82, 2.24) is 9.88 Å². The number of halogens is 1. The smallest absolute Gasteiger partial charge is 0.254 e. The largest absolute Gasteiger partial charge is 0.383 e. The van der Waals surface area contributed by atoms with Gasteiger partial charge in [-0.25, -0.2) is 4.98 Å². The number of hydrogen-bond donors (Lipinski definition) is 1. The SMILES string of the molecule is COCCN1C(=O)c2ccccc2C(C(=O)Nc2ccc(Cl)cn2)C1c1cccs1. The number of methoxy groups -OCH3 is 1. The van der Waals surface area contributed by atoms with E-state index in [-0.39, 0.29) is 11.8 Å². The van der Waals surface area contributed by atoms with Crippen molar-refractivity contribution in [1.29, 1.82) is 0 Å². The second-order valence-electron chi connectivity index (χ2n) is 6.87. The van der Waals surface area contributed by atoms with E-state index >= 15 is 0 Å². The molecule has 1 N–H and O–H groups in total. The van der Waals surface area contributed by atoms with E-state index in [0.29, 0.717) is 35.1 Å². The summed E-state index contributed by atoms with van der Waals surface area (Å²) in [5, 5.41) is 5.33. The van der Waals surface area contributed by atoms with Crippen LogP contribution < -0.4 is 5.32 Å². The maximum atomic E-state index is 13.5. The summed E-state index contributed by atoms with van der Waals surface area (Å²) in [6, 6.07) is 14.0. The van der Waals surface area contributed by atoms with Crippen LogP contribution in [0.5, 0.6) is 0 Å². The van der Waals surface area contributed by atoms with E-state index in [1.165, 1.54) is 17.5 Å². The summed E-state index contributed by atoms with van der Waals surface area (Å²) in [7, 11) is 1.60. The van der Waals surface area contributed by atoms with Crippen molar-refractivity contribution in [3.8, 4) is 0 Å². The summed E-state index contributed by atoms with van der Waals surface area (Å²) in [6.07, 6.45) is 1.48. The number of carbonyl (C=O) groups excluding carboxylic acids is 2. The van der Waals surface area contributed by atoms with Gasteiger partial charge in [0.2, 0.25) is 5.91 Å². The molecule has 2 unspecified atom stereocenters. The Morgan fingerprint density at radius 3 is 2.77 bits per heavy atom. The molecule has 2 amide bonds. The molecule has 1 aromatic carbocycles. The molecule has 6 nitrogen and oxygen atoms in total. The maximum absolute atomic E-state index is 13.5. The maximum Gasteiger partial charge on any atom is 0.254 e. The van der Waals surface area contributed by atoms with Crippen LogP contribution in [0.1, 0.15) is 32.8 Å². The topological polar surface area (TPSA) is 71.5 Å². The molecule has 1 aliphatic heterocycles. The first-order valence-electron chi connectivity index (χ1n) is 9.45. The van der Waals surface area contributed by atoms with Gasteiger partial charge in [-0.2, -0.15) is 0 Å². The van der Waals surface area contributed by atoms with Gasteiger partial charge in [0, 0.05) is 30.3 Å². The van der Waals surface area contributed by atoms with Gasteiger partial charge >= 0.3 is 0 Å². The zero-order chi connectivity index (χ0) is 21.1.